The molecule has 1 aliphatic rings. The van der Waals surface area contributed by atoms with Gasteiger partial charge in [0.25, 0.3) is 0 Å². The first-order valence-electron chi connectivity index (χ1n) is 7.21. The Morgan fingerprint density at radius 1 is 1.35 bits per heavy atom. The predicted molar refractivity (Wildman–Crippen MR) is 79.5 cm³/mol. The molecule has 2 rings (SSSR count). The Kier molecular flexibility index (Phi) is 4.65. The normalized spacial score (nSPS) is 22.6. The van der Waals surface area contributed by atoms with Gasteiger partial charge < -0.3 is 15.4 Å². The predicted octanol–water partition coefficient (Wildman–Crippen LogP) is 2.86. The molecule has 1 aliphatic heterocycles. The SMILES string of the molecule is CC(C)(C)OC(=O)NCC1CCNC1c1ccccc1. The monoisotopic (exact) mass is 276 g/mol. The fraction of sp³-hybridized carbons (Fsp3) is 0.562. The van der Waals surface area contributed by atoms with Gasteiger partial charge in [0.15, 0.2) is 0 Å². The fourth-order valence-corrected chi connectivity index (χ4v) is 2.56. The topological polar surface area (TPSA) is 50.4 Å². The molecule has 0 aromatic heterocycles. The minimum absolute atomic E-state index is 0.311. The van der Waals surface area contributed by atoms with Crippen molar-refractivity contribution in [3.05, 3.63) is 35.9 Å². The number of carbonyl (C=O) groups excluding carboxylic acids is 1. The molecule has 1 aromatic rings. The van der Waals surface area contributed by atoms with Crippen molar-refractivity contribution < 1.29 is 9.53 Å². The number of ether oxygens (including phenoxy) is 1. The summed E-state index contributed by atoms with van der Waals surface area (Å²) in [7, 11) is 0. The second-order valence-electron chi connectivity index (χ2n) is 6.27. The van der Waals surface area contributed by atoms with Gasteiger partial charge in [0, 0.05) is 12.6 Å². The maximum absolute atomic E-state index is 11.7. The highest BCUT2D eigenvalue weighted by Gasteiger charge is 2.28. The minimum Gasteiger partial charge on any atom is -0.444 e. The lowest BCUT2D eigenvalue weighted by molar-refractivity contribution is 0.0518. The van der Waals surface area contributed by atoms with Gasteiger partial charge in [-0.25, -0.2) is 4.79 Å². The molecule has 2 atom stereocenters. The summed E-state index contributed by atoms with van der Waals surface area (Å²) >= 11 is 0. The third-order valence-corrected chi connectivity index (χ3v) is 3.42. The van der Waals surface area contributed by atoms with Crippen molar-refractivity contribution in [3.8, 4) is 0 Å². The van der Waals surface area contributed by atoms with E-state index >= 15 is 0 Å². The summed E-state index contributed by atoms with van der Waals surface area (Å²) in [5.74, 6) is 0.407. The van der Waals surface area contributed by atoms with Crippen molar-refractivity contribution in [3.63, 3.8) is 0 Å². The lowest BCUT2D eigenvalue weighted by Crippen LogP contribution is -2.36. The molecule has 4 nitrogen and oxygen atoms in total. The number of rotatable bonds is 3. The zero-order chi connectivity index (χ0) is 14.6. The molecule has 2 unspecified atom stereocenters. The Hall–Kier alpha value is -1.55. The van der Waals surface area contributed by atoms with E-state index < -0.39 is 5.60 Å². The summed E-state index contributed by atoms with van der Waals surface area (Å²) in [6.07, 6.45) is 0.728. The van der Waals surface area contributed by atoms with E-state index in [4.69, 9.17) is 4.74 Å². The standard InChI is InChI=1S/C16H24N2O2/c1-16(2,3)20-15(19)18-11-13-9-10-17-14(13)12-7-5-4-6-8-12/h4-8,13-14,17H,9-11H2,1-3H3,(H,18,19). The molecule has 0 saturated carbocycles. The van der Waals surface area contributed by atoms with Crippen LogP contribution in [0.25, 0.3) is 0 Å². The number of nitrogens with one attached hydrogen (secondary N) is 2. The van der Waals surface area contributed by atoms with Crippen LogP contribution >= 0.6 is 0 Å². The highest BCUT2D eigenvalue weighted by Crippen LogP contribution is 2.28. The van der Waals surface area contributed by atoms with Gasteiger partial charge >= 0.3 is 6.09 Å². The molecule has 110 valence electrons. The van der Waals surface area contributed by atoms with E-state index in [9.17, 15) is 4.79 Å². The maximum atomic E-state index is 11.7. The lowest BCUT2D eigenvalue weighted by atomic mass is 9.94. The Morgan fingerprint density at radius 3 is 2.70 bits per heavy atom. The van der Waals surface area contributed by atoms with E-state index in [0.717, 1.165) is 13.0 Å². The molecule has 1 fully saturated rings. The quantitative estimate of drug-likeness (QED) is 0.892. The molecular formula is C16H24N2O2. The van der Waals surface area contributed by atoms with Crippen molar-refractivity contribution in [2.45, 2.75) is 38.8 Å². The Morgan fingerprint density at radius 2 is 2.05 bits per heavy atom. The Balaban J connectivity index is 1.88. The van der Waals surface area contributed by atoms with Crippen LogP contribution in [-0.2, 0) is 4.74 Å². The van der Waals surface area contributed by atoms with Gasteiger partial charge in [0.1, 0.15) is 5.60 Å². The van der Waals surface area contributed by atoms with Gasteiger partial charge in [0.05, 0.1) is 0 Å². The van der Waals surface area contributed by atoms with E-state index in [-0.39, 0.29) is 6.09 Å². The number of alkyl carbamates (subject to hydrolysis) is 1. The van der Waals surface area contributed by atoms with Gasteiger partial charge in [0.2, 0.25) is 0 Å². The van der Waals surface area contributed by atoms with Crippen LogP contribution in [0.2, 0.25) is 0 Å². The van der Waals surface area contributed by atoms with Gasteiger partial charge in [-0.3, -0.25) is 0 Å². The average Bonchev–Trinajstić information content (AvgIpc) is 2.83. The number of hydrogen-bond acceptors (Lipinski definition) is 3. The van der Waals surface area contributed by atoms with E-state index in [1.54, 1.807) is 0 Å². The molecule has 1 saturated heterocycles. The third-order valence-electron chi connectivity index (χ3n) is 3.42. The first-order valence-corrected chi connectivity index (χ1v) is 7.21. The van der Waals surface area contributed by atoms with Crippen LogP contribution in [0.1, 0.15) is 38.8 Å². The highest BCUT2D eigenvalue weighted by atomic mass is 16.6. The van der Waals surface area contributed by atoms with Crippen molar-refractivity contribution >= 4 is 6.09 Å². The Labute approximate surface area is 120 Å². The number of amides is 1. The second-order valence-corrected chi connectivity index (χ2v) is 6.27. The fourth-order valence-electron chi connectivity index (χ4n) is 2.56. The molecule has 1 aromatic carbocycles. The van der Waals surface area contributed by atoms with Crippen LogP contribution in [0.3, 0.4) is 0 Å². The van der Waals surface area contributed by atoms with Crippen LogP contribution in [0.5, 0.6) is 0 Å². The lowest BCUT2D eigenvalue weighted by Gasteiger charge is -2.23. The molecule has 2 N–H and O–H groups in total. The summed E-state index contributed by atoms with van der Waals surface area (Å²) in [5, 5.41) is 6.38. The minimum atomic E-state index is -0.448. The van der Waals surface area contributed by atoms with E-state index in [0.29, 0.717) is 18.5 Å². The molecule has 4 heteroatoms. The van der Waals surface area contributed by atoms with Gasteiger partial charge in [-0.1, -0.05) is 30.3 Å². The summed E-state index contributed by atoms with van der Waals surface area (Å²) in [6, 6.07) is 10.7. The average molecular weight is 276 g/mol. The number of hydrogen-bond donors (Lipinski definition) is 2. The van der Waals surface area contributed by atoms with Crippen LogP contribution in [0.4, 0.5) is 4.79 Å². The van der Waals surface area contributed by atoms with Crippen LogP contribution < -0.4 is 10.6 Å². The van der Waals surface area contributed by atoms with Crippen molar-refractivity contribution in [2.75, 3.05) is 13.1 Å². The zero-order valence-electron chi connectivity index (χ0n) is 12.5. The van der Waals surface area contributed by atoms with Crippen LogP contribution in [0.15, 0.2) is 30.3 Å². The van der Waals surface area contributed by atoms with Gasteiger partial charge in [-0.2, -0.15) is 0 Å². The molecule has 0 spiro atoms. The number of carbonyl (C=O) groups is 1. The summed E-state index contributed by atoms with van der Waals surface area (Å²) in [4.78, 5) is 11.7. The van der Waals surface area contributed by atoms with Crippen molar-refractivity contribution in [2.24, 2.45) is 5.92 Å². The molecular weight excluding hydrogens is 252 g/mol. The van der Waals surface area contributed by atoms with Crippen molar-refractivity contribution in [1.82, 2.24) is 10.6 Å². The summed E-state index contributed by atoms with van der Waals surface area (Å²) < 4.78 is 5.27. The molecule has 0 aliphatic carbocycles. The summed E-state index contributed by atoms with van der Waals surface area (Å²) in [5.41, 5.74) is 0.831. The molecule has 0 radical (unpaired) electrons. The first kappa shape index (κ1) is 14.9. The van der Waals surface area contributed by atoms with Gasteiger partial charge in [-0.15, -0.1) is 0 Å². The van der Waals surface area contributed by atoms with Crippen LogP contribution in [0, 0.1) is 5.92 Å². The van der Waals surface area contributed by atoms with E-state index in [1.165, 1.54) is 5.56 Å². The molecule has 20 heavy (non-hydrogen) atoms. The second kappa shape index (κ2) is 6.27. The largest absolute Gasteiger partial charge is 0.444 e. The Bertz CT molecular complexity index is 440. The first-order chi connectivity index (χ1) is 9.46. The van der Waals surface area contributed by atoms with Gasteiger partial charge in [-0.05, 0) is 45.2 Å². The maximum Gasteiger partial charge on any atom is 0.407 e. The molecule has 1 amide bonds. The molecule has 1 heterocycles. The number of benzene rings is 1. The third kappa shape index (κ3) is 4.23. The van der Waals surface area contributed by atoms with E-state index in [1.807, 2.05) is 39.0 Å². The summed E-state index contributed by atoms with van der Waals surface area (Å²) in [6.45, 7) is 7.24. The molecule has 0 bridgehead atoms. The van der Waals surface area contributed by atoms with Crippen molar-refractivity contribution in [1.29, 1.82) is 0 Å². The zero-order valence-corrected chi connectivity index (χ0v) is 12.5. The smallest absolute Gasteiger partial charge is 0.407 e. The highest BCUT2D eigenvalue weighted by molar-refractivity contribution is 5.67. The van der Waals surface area contributed by atoms with E-state index in [2.05, 4.69) is 22.8 Å². The van der Waals surface area contributed by atoms with Crippen LogP contribution in [-0.4, -0.2) is 24.8 Å².